The van der Waals surface area contributed by atoms with Gasteiger partial charge in [0.05, 0.1) is 18.7 Å². The standard InChI is InChI=1S/C10H14N4O4S/c11-2-9-14-6(5-19-9)1-7(15)12-3-8(16)13-4-10(17)18/h5H,1-4,11H2,(H,12,15)(H,13,16)(H,17,18). The molecular weight excluding hydrogens is 272 g/mol. The molecule has 0 unspecified atom stereocenters. The Bertz CT molecular complexity index is 474. The van der Waals surface area contributed by atoms with E-state index in [-0.39, 0.29) is 18.9 Å². The molecule has 1 aromatic rings. The Morgan fingerprint density at radius 3 is 2.53 bits per heavy atom. The zero-order valence-electron chi connectivity index (χ0n) is 10.0. The van der Waals surface area contributed by atoms with Gasteiger partial charge in [0.2, 0.25) is 11.8 Å². The van der Waals surface area contributed by atoms with Gasteiger partial charge in [-0.15, -0.1) is 11.3 Å². The highest BCUT2D eigenvalue weighted by molar-refractivity contribution is 7.09. The van der Waals surface area contributed by atoms with Crippen LogP contribution in [0.15, 0.2) is 5.38 Å². The van der Waals surface area contributed by atoms with Crippen LogP contribution >= 0.6 is 11.3 Å². The molecule has 2 amide bonds. The van der Waals surface area contributed by atoms with Crippen LogP contribution in [-0.4, -0.2) is 41.0 Å². The largest absolute Gasteiger partial charge is 0.480 e. The van der Waals surface area contributed by atoms with Crippen molar-refractivity contribution in [3.05, 3.63) is 16.1 Å². The molecule has 1 aromatic heterocycles. The van der Waals surface area contributed by atoms with Crippen molar-refractivity contribution in [1.82, 2.24) is 15.6 Å². The van der Waals surface area contributed by atoms with Gasteiger partial charge in [-0.05, 0) is 0 Å². The molecule has 1 heterocycles. The lowest BCUT2D eigenvalue weighted by Gasteiger charge is -2.04. The summed E-state index contributed by atoms with van der Waals surface area (Å²) in [5.74, 6) is -2.06. The number of hydrogen-bond acceptors (Lipinski definition) is 6. The van der Waals surface area contributed by atoms with E-state index < -0.39 is 18.4 Å². The lowest BCUT2D eigenvalue weighted by atomic mass is 10.3. The number of nitrogens with two attached hydrogens (primary N) is 1. The molecule has 0 bridgehead atoms. The van der Waals surface area contributed by atoms with E-state index in [0.717, 1.165) is 5.01 Å². The minimum Gasteiger partial charge on any atom is -0.480 e. The minimum absolute atomic E-state index is 0.0582. The molecule has 8 nitrogen and oxygen atoms in total. The predicted octanol–water partition coefficient (Wildman–Crippen LogP) is -1.54. The maximum Gasteiger partial charge on any atom is 0.322 e. The number of rotatable bonds is 7. The van der Waals surface area contributed by atoms with Gasteiger partial charge in [-0.25, -0.2) is 4.98 Å². The lowest BCUT2D eigenvalue weighted by molar-refractivity contribution is -0.137. The van der Waals surface area contributed by atoms with Crippen molar-refractivity contribution >= 4 is 29.1 Å². The number of carboxylic acids is 1. The first-order valence-corrected chi connectivity index (χ1v) is 6.27. The van der Waals surface area contributed by atoms with Crippen molar-refractivity contribution in [3.8, 4) is 0 Å². The first kappa shape index (κ1) is 15.1. The monoisotopic (exact) mass is 286 g/mol. The molecule has 0 fully saturated rings. The maximum absolute atomic E-state index is 11.5. The van der Waals surface area contributed by atoms with Crippen molar-refractivity contribution in [2.24, 2.45) is 5.73 Å². The summed E-state index contributed by atoms with van der Waals surface area (Å²) in [5.41, 5.74) is 5.99. The van der Waals surface area contributed by atoms with Crippen molar-refractivity contribution < 1.29 is 19.5 Å². The molecule has 0 atom stereocenters. The third-order valence-corrected chi connectivity index (χ3v) is 2.92. The van der Waals surface area contributed by atoms with E-state index in [2.05, 4.69) is 15.6 Å². The van der Waals surface area contributed by atoms with Gasteiger partial charge in [0.15, 0.2) is 0 Å². The summed E-state index contributed by atoms with van der Waals surface area (Å²) in [6.45, 7) is -0.412. The van der Waals surface area contributed by atoms with Crippen molar-refractivity contribution in [3.63, 3.8) is 0 Å². The van der Waals surface area contributed by atoms with Crippen LogP contribution in [0.2, 0.25) is 0 Å². The third-order valence-electron chi connectivity index (χ3n) is 2.00. The molecule has 0 spiro atoms. The van der Waals surface area contributed by atoms with Crippen LogP contribution in [-0.2, 0) is 27.3 Å². The quantitative estimate of drug-likeness (QED) is 0.480. The van der Waals surface area contributed by atoms with E-state index in [4.69, 9.17) is 10.8 Å². The summed E-state index contributed by atoms with van der Waals surface area (Å²) in [4.78, 5) is 36.9. The Balaban J connectivity index is 2.27. The zero-order valence-corrected chi connectivity index (χ0v) is 10.8. The molecule has 0 aliphatic heterocycles. The van der Waals surface area contributed by atoms with Crippen LogP contribution in [0.4, 0.5) is 0 Å². The number of hydrogen-bond donors (Lipinski definition) is 4. The number of carbonyl (C=O) groups excluding carboxylic acids is 2. The highest BCUT2D eigenvalue weighted by Gasteiger charge is 2.09. The number of aromatic nitrogens is 1. The van der Waals surface area contributed by atoms with Crippen LogP contribution in [0.1, 0.15) is 10.7 Å². The van der Waals surface area contributed by atoms with Crippen LogP contribution in [0, 0.1) is 0 Å². The highest BCUT2D eigenvalue weighted by Crippen LogP contribution is 2.08. The third kappa shape index (κ3) is 5.93. The molecular formula is C10H14N4O4S. The Morgan fingerprint density at radius 2 is 1.95 bits per heavy atom. The summed E-state index contributed by atoms with van der Waals surface area (Å²) in [6.07, 6.45) is 0.0582. The van der Waals surface area contributed by atoms with Gasteiger partial charge >= 0.3 is 5.97 Å². The van der Waals surface area contributed by atoms with Gasteiger partial charge in [-0.3, -0.25) is 14.4 Å². The predicted molar refractivity (Wildman–Crippen MR) is 67.4 cm³/mol. The van der Waals surface area contributed by atoms with Crippen molar-refractivity contribution in [1.29, 1.82) is 0 Å². The number of amides is 2. The number of nitrogens with zero attached hydrogens (tertiary/aromatic N) is 1. The van der Waals surface area contributed by atoms with Crippen LogP contribution in [0.3, 0.4) is 0 Å². The smallest absolute Gasteiger partial charge is 0.322 e. The summed E-state index contributed by atoms with van der Waals surface area (Å²) >= 11 is 1.37. The number of nitrogens with one attached hydrogen (secondary N) is 2. The van der Waals surface area contributed by atoms with Crippen molar-refractivity contribution in [2.45, 2.75) is 13.0 Å². The van der Waals surface area contributed by atoms with Crippen LogP contribution < -0.4 is 16.4 Å². The van der Waals surface area contributed by atoms with E-state index in [1.807, 2.05) is 0 Å². The second-order valence-electron chi connectivity index (χ2n) is 3.56. The van der Waals surface area contributed by atoms with Gasteiger partial charge in [0.25, 0.3) is 0 Å². The number of carboxylic acid groups (broad SMARTS) is 1. The first-order valence-electron chi connectivity index (χ1n) is 5.39. The summed E-state index contributed by atoms with van der Waals surface area (Å²) in [7, 11) is 0. The van der Waals surface area contributed by atoms with E-state index in [0.29, 0.717) is 12.2 Å². The second-order valence-corrected chi connectivity index (χ2v) is 4.50. The molecule has 0 aromatic carbocycles. The Morgan fingerprint density at radius 1 is 1.26 bits per heavy atom. The van der Waals surface area contributed by atoms with Gasteiger partial charge in [0, 0.05) is 11.9 Å². The summed E-state index contributed by atoms with van der Waals surface area (Å²) in [6, 6.07) is 0. The molecule has 0 aliphatic carbocycles. The highest BCUT2D eigenvalue weighted by atomic mass is 32.1. The summed E-state index contributed by atoms with van der Waals surface area (Å²) in [5, 5.41) is 15.3. The molecule has 9 heteroatoms. The molecule has 1 rings (SSSR count). The van der Waals surface area contributed by atoms with Gasteiger partial charge in [-0.2, -0.15) is 0 Å². The number of thiazole rings is 1. The fourth-order valence-electron chi connectivity index (χ4n) is 1.17. The van der Waals surface area contributed by atoms with Gasteiger partial charge in [-0.1, -0.05) is 0 Å². The van der Waals surface area contributed by atoms with E-state index in [1.54, 1.807) is 5.38 Å². The number of carbonyl (C=O) groups is 3. The molecule has 5 N–H and O–H groups in total. The Hall–Kier alpha value is -2.00. The van der Waals surface area contributed by atoms with E-state index in [9.17, 15) is 14.4 Å². The van der Waals surface area contributed by atoms with E-state index in [1.165, 1.54) is 11.3 Å². The fraction of sp³-hybridized carbons (Fsp3) is 0.400. The fourth-order valence-corrected chi connectivity index (χ4v) is 1.84. The van der Waals surface area contributed by atoms with Gasteiger partial charge < -0.3 is 21.5 Å². The Labute approximate surface area is 113 Å². The molecule has 0 saturated carbocycles. The van der Waals surface area contributed by atoms with Crippen molar-refractivity contribution in [2.75, 3.05) is 13.1 Å². The van der Waals surface area contributed by atoms with Crippen LogP contribution in [0.5, 0.6) is 0 Å². The minimum atomic E-state index is -1.14. The summed E-state index contributed by atoms with van der Waals surface area (Å²) < 4.78 is 0. The molecule has 0 radical (unpaired) electrons. The van der Waals surface area contributed by atoms with E-state index >= 15 is 0 Å². The second kappa shape index (κ2) is 7.44. The van der Waals surface area contributed by atoms with Crippen LogP contribution in [0.25, 0.3) is 0 Å². The molecule has 0 aliphatic rings. The average Bonchev–Trinajstić information content (AvgIpc) is 2.81. The average molecular weight is 286 g/mol. The molecule has 104 valence electrons. The maximum atomic E-state index is 11.5. The molecule has 0 saturated heterocycles. The van der Waals surface area contributed by atoms with Gasteiger partial charge in [0.1, 0.15) is 11.6 Å². The molecule has 19 heavy (non-hydrogen) atoms. The lowest BCUT2D eigenvalue weighted by Crippen LogP contribution is -2.39. The SMILES string of the molecule is NCc1nc(CC(=O)NCC(=O)NCC(=O)O)cs1. The zero-order chi connectivity index (χ0) is 14.3. The first-order chi connectivity index (χ1) is 9.01. The number of aliphatic carboxylic acids is 1. The topological polar surface area (TPSA) is 134 Å². The normalized spacial score (nSPS) is 9.95. The Kier molecular flexibility index (Phi) is 5.90.